The molecule has 1 aromatic heterocycles. The zero-order valence-corrected chi connectivity index (χ0v) is 21.9. The summed E-state index contributed by atoms with van der Waals surface area (Å²) in [4.78, 5) is 6.86. The maximum Gasteiger partial charge on any atom is 0.0948 e. The SMILES string of the molecule is C=CNC1/C(=C\C)C=C(CCCn2cncc2C)c2cc(Cl)ccc2C1N1CCNCC1.CC. The Labute approximate surface area is 210 Å². The fourth-order valence-corrected chi connectivity index (χ4v) is 5.18. The molecule has 6 heteroatoms. The lowest BCUT2D eigenvalue weighted by atomic mass is 9.90. The smallest absolute Gasteiger partial charge is 0.0948 e. The number of nitrogens with zero attached hydrogens (tertiary/aromatic N) is 3. The third-order valence-corrected chi connectivity index (χ3v) is 6.87. The molecule has 2 unspecified atom stereocenters. The molecule has 1 aliphatic heterocycles. The molecular formula is C28H40ClN5. The molecule has 0 saturated carbocycles. The first-order valence-electron chi connectivity index (χ1n) is 12.6. The minimum absolute atomic E-state index is 0.143. The monoisotopic (exact) mass is 481 g/mol. The summed E-state index contributed by atoms with van der Waals surface area (Å²) in [6.45, 7) is 17.3. The van der Waals surface area contributed by atoms with Crippen LogP contribution in [0.2, 0.25) is 5.02 Å². The van der Waals surface area contributed by atoms with E-state index in [1.54, 1.807) is 0 Å². The first kappa shape index (κ1) is 26.3. The van der Waals surface area contributed by atoms with E-state index >= 15 is 0 Å². The van der Waals surface area contributed by atoms with E-state index in [1.807, 2.05) is 38.6 Å². The molecule has 0 bridgehead atoms. The van der Waals surface area contributed by atoms with Crippen LogP contribution in [-0.4, -0.2) is 46.7 Å². The van der Waals surface area contributed by atoms with Gasteiger partial charge in [0, 0.05) is 49.6 Å². The van der Waals surface area contributed by atoms with Crippen LogP contribution in [0.1, 0.15) is 56.5 Å². The summed E-state index contributed by atoms with van der Waals surface area (Å²) in [5, 5.41) is 7.86. The molecule has 1 saturated heterocycles. The van der Waals surface area contributed by atoms with E-state index in [9.17, 15) is 0 Å². The molecule has 2 heterocycles. The number of piperazine rings is 1. The second-order valence-corrected chi connectivity index (χ2v) is 9.04. The number of aromatic nitrogens is 2. The summed E-state index contributed by atoms with van der Waals surface area (Å²) in [5.74, 6) is 0. The van der Waals surface area contributed by atoms with Crippen LogP contribution >= 0.6 is 11.6 Å². The fraction of sp³-hybridized carbons (Fsp3) is 0.464. The number of aryl methyl sites for hydroxylation is 2. The minimum Gasteiger partial charge on any atom is -0.383 e. The molecule has 0 amide bonds. The normalized spacial score (nSPS) is 21.7. The number of rotatable bonds is 7. The van der Waals surface area contributed by atoms with Gasteiger partial charge in [-0.15, -0.1) is 0 Å². The van der Waals surface area contributed by atoms with Gasteiger partial charge in [0.25, 0.3) is 0 Å². The summed E-state index contributed by atoms with van der Waals surface area (Å²) < 4.78 is 2.22. The Morgan fingerprint density at radius 2 is 2.03 bits per heavy atom. The van der Waals surface area contributed by atoms with Gasteiger partial charge in [-0.3, -0.25) is 4.90 Å². The number of hydrogen-bond acceptors (Lipinski definition) is 4. The Kier molecular flexibility index (Phi) is 10.00. The molecule has 2 atom stereocenters. The number of benzene rings is 1. The number of halogens is 1. The maximum atomic E-state index is 6.52. The van der Waals surface area contributed by atoms with Gasteiger partial charge in [-0.1, -0.05) is 50.2 Å². The number of fused-ring (bicyclic) bond motifs is 1. The molecule has 2 N–H and O–H groups in total. The lowest BCUT2D eigenvalue weighted by Crippen LogP contribution is -2.50. The van der Waals surface area contributed by atoms with Crippen LogP contribution < -0.4 is 10.6 Å². The van der Waals surface area contributed by atoms with E-state index in [0.29, 0.717) is 0 Å². The lowest BCUT2D eigenvalue weighted by Gasteiger charge is -2.40. The van der Waals surface area contributed by atoms with E-state index in [1.165, 1.54) is 28.0 Å². The molecule has 2 aliphatic rings. The van der Waals surface area contributed by atoms with Crippen molar-refractivity contribution in [1.29, 1.82) is 0 Å². The summed E-state index contributed by atoms with van der Waals surface area (Å²) in [7, 11) is 0. The van der Waals surface area contributed by atoms with Gasteiger partial charge < -0.3 is 15.2 Å². The van der Waals surface area contributed by atoms with Crippen LogP contribution in [0, 0.1) is 6.92 Å². The molecular weight excluding hydrogens is 442 g/mol. The highest BCUT2D eigenvalue weighted by molar-refractivity contribution is 6.30. The molecule has 1 fully saturated rings. The van der Waals surface area contributed by atoms with Gasteiger partial charge in [-0.2, -0.15) is 0 Å². The van der Waals surface area contributed by atoms with Crippen LogP contribution in [0.5, 0.6) is 0 Å². The zero-order valence-electron chi connectivity index (χ0n) is 21.1. The van der Waals surface area contributed by atoms with Crippen molar-refractivity contribution >= 4 is 17.2 Å². The molecule has 184 valence electrons. The van der Waals surface area contributed by atoms with E-state index in [0.717, 1.165) is 50.6 Å². The van der Waals surface area contributed by atoms with Crippen molar-refractivity contribution < 1.29 is 0 Å². The van der Waals surface area contributed by atoms with Crippen molar-refractivity contribution in [3.8, 4) is 0 Å². The first-order valence-corrected chi connectivity index (χ1v) is 12.9. The van der Waals surface area contributed by atoms with Gasteiger partial charge in [-0.25, -0.2) is 4.98 Å². The summed E-state index contributed by atoms with van der Waals surface area (Å²) in [6.07, 6.45) is 12.3. The summed E-state index contributed by atoms with van der Waals surface area (Å²) >= 11 is 6.52. The van der Waals surface area contributed by atoms with Crippen LogP contribution in [-0.2, 0) is 6.54 Å². The molecule has 4 rings (SSSR count). The maximum absolute atomic E-state index is 6.52. The highest BCUT2D eigenvalue weighted by Crippen LogP contribution is 2.40. The summed E-state index contributed by atoms with van der Waals surface area (Å²) in [5.41, 5.74) is 6.47. The van der Waals surface area contributed by atoms with Crippen molar-refractivity contribution in [1.82, 2.24) is 25.1 Å². The number of imidazole rings is 1. The Bertz CT molecular complexity index is 1000. The van der Waals surface area contributed by atoms with Gasteiger partial charge in [-0.05, 0) is 67.3 Å². The fourth-order valence-electron chi connectivity index (χ4n) is 5.01. The Morgan fingerprint density at radius 1 is 1.26 bits per heavy atom. The third-order valence-electron chi connectivity index (χ3n) is 6.64. The van der Waals surface area contributed by atoms with Crippen molar-refractivity contribution in [2.24, 2.45) is 0 Å². The quantitative estimate of drug-likeness (QED) is 0.529. The average molecular weight is 482 g/mol. The van der Waals surface area contributed by atoms with Crippen molar-refractivity contribution in [3.63, 3.8) is 0 Å². The highest BCUT2D eigenvalue weighted by atomic mass is 35.5. The minimum atomic E-state index is 0.143. The number of allylic oxidation sites excluding steroid dienone is 2. The second-order valence-electron chi connectivity index (χ2n) is 8.60. The molecule has 0 spiro atoms. The molecule has 2 aromatic rings. The van der Waals surface area contributed by atoms with Crippen LogP contribution in [0.25, 0.3) is 5.57 Å². The van der Waals surface area contributed by atoms with Gasteiger partial charge in [0.2, 0.25) is 0 Å². The predicted molar refractivity (Wildman–Crippen MR) is 145 cm³/mol. The van der Waals surface area contributed by atoms with Gasteiger partial charge >= 0.3 is 0 Å². The van der Waals surface area contributed by atoms with Crippen LogP contribution in [0.15, 0.2) is 61.2 Å². The summed E-state index contributed by atoms with van der Waals surface area (Å²) in [6, 6.07) is 6.79. The first-order chi connectivity index (χ1) is 16.6. The molecule has 1 aromatic carbocycles. The average Bonchev–Trinajstić information content (AvgIpc) is 3.22. The van der Waals surface area contributed by atoms with Gasteiger partial charge in [0.15, 0.2) is 0 Å². The number of nitrogens with one attached hydrogen (secondary N) is 2. The zero-order chi connectivity index (χ0) is 24.5. The largest absolute Gasteiger partial charge is 0.383 e. The van der Waals surface area contributed by atoms with Crippen LogP contribution in [0.3, 0.4) is 0 Å². The van der Waals surface area contributed by atoms with E-state index in [4.69, 9.17) is 11.6 Å². The van der Waals surface area contributed by atoms with Crippen molar-refractivity contribution in [3.05, 3.63) is 83.1 Å². The van der Waals surface area contributed by atoms with Gasteiger partial charge in [0.1, 0.15) is 0 Å². The topological polar surface area (TPSA) is 45.1 Å². The van der Waals surface area contributed by atoms with Gasteiger partial charge in [0.05, 0.1) is 18.4 Å². The Balaban J connectivity index is 0.00000158. The highest BCUT2D eigenvalue weighted by Gasteiger charge is 2.35. The van der Waals surface area contributed by atoms with E-state index in [2.05, 4.69) is 69.8 Å². The predicted octanol–water partition coefficient (Wildman–Crippen LogP) is 5.74. The lowest BCUT2D eigenvalue weighted by molar-refractivity contribution is 0.154. The molecule has 0 radical (unpaired) electrons. The van der Waals surface area contributed by atoms with Crippen molar-refractivity contribution in [2.45, 2.75) is 59.2 Å². The molecule has 1 aliphatic carbocycles. The van der Waals surface area contributed by atoms with E-state index in [-0.39, 0.29) is 12.1 Å². The Hall–Kier alpha value is -2.34. The Morgan fingerprint density at radius 3 is 2.68 bits per heavy atom. The third kappa shape index (κ3) is 6.01. The number of hydrogen-bond donors (Lipinski definition) is 2. The van der Waals surface area contributed by atoms with E-state index < -0.39 is 0 Å². The second kappa shape index (κ2) is 12.9. The van der Waals surface area contributed by atoms with Crippen LogP contribution in [0.4, 0.5) is 0 Å². The molecule has 34 heavy (non-hydrogen) atoms. The molecule has 5 nitrogen and oxygen atoms in total. The standard InChI is InChI=1S/C26H34ClN5.C2H6/c1-4-20-15-21(7-6-12-32-18-29-17-19(32)3)24-16-22(27)8-9-23(24)26(25(20)30-5-2)31-13-10-28-11-14-31;1-2/h4-5,8-9,15-18,25-26,28,30H,2,6-7,10-14H2,1,3H3;1-2H3/b20-4-;. The van der Waals surface area contributed by atoms with Crippen molar-refractivity contribution in [2.75, 3.05) is 26.2 Å².